The van der Waals surface area contributed by atoms with Crippen LogP contribution < -0.4 is 5.32 Å². The van der Waals surface area contributed by atoms with Gasteiger partial charge in [0.05, 0.1) is 11.3 Å². The molecule has 1 heterocycles. The molecular formula is C14H25NO3S. The molecule has 1 aliphatic heterocycles. The number of sulfone groups is 1. The Kier molecular flexibility index (Phi) is 5.01. The molecule has 0 aromatic heterocycles. The number of Topliss-reactive ketones (excluding diaryl/α,β-unsaturated/α-hetero) is 1. The largest absolute Gasteiger partial charge is 0.307 e. The molecule has 2 aliphatic rings. The van der Waals surface area contributed by atoms with Crippen LogP contribution in [-0.4, -0.2) is 38.3 Å². The third kappa shape index (κ3) is 4.02. The lowest BCUT2D eigenvalue weighted by Crippen LogP contribution is -2.42. The molecule has 3 atom stereocenters. The lowest BCUT2D eigenvalue weighted by atomic mass is 9.82. The third-order valence-electron chi connectivity index (χ3n) is 4.54. The van der Waals surface area contributed by atoms with E-state index >= 15 is 0 Å². The summed E-state index contributed by atoms with van der Waals surface area (Å²) in [7, 11) is -3.00. The van der Waals surface area contributed by atoms with E-state index < -0.39 is 9.84 Å². The highest BCUT2D eigenvalue weighted by atomic mass is 32.2. The predicted octanol–water partition coefficient (Wildman–Crippen LogP) is 1.69. The van der Waals surface area contributed by atoms with Gasteiger partial charge in [0.1, 0.15) is 9.84 Å². The fourth-order valence-electron chi connectivity index (χ4n) is 3.35. The van der Waals surface area contributed by atoms with Crippen molar-refractivity contribution in [1.82, 2.24) is 5.32 Å². The van der Waals surface area contributed by atoms with Crippen LogP contribution in [0.4, 0.5) is 0 Å². The maximum absolute atomic E-state index is 12.5. The van der Waals surface area contributed by atoms with Crippen LogP contribution in [0.2, 0.25) is 0 Å². The zero-order valence-electron chi connectivity index (χ0n) is 11.7. The summed E-state index contributed by atoms with van der Waals surface area (Å²) >= 11 is 0. The number of rotatable bonds is 3. The third-order valence-corrected chi connectivity index (χ3v) is 6.18. The topological polar surface area (TPSA) is 63.2 Å². The number of carbonyl (C=O) groups is 1. The molecule has 2 rings (SSSR count). The molecule has 1 saturated heterocycles. The SMILES string of the molecule is CS(=O)(=O)C1CCCC(C(=O)C2CCCCCN2)C1. The van der Waals surface area contributed by atoms with Gasteiger partial charge < -0.3 is 5.32 Å². The van der Waals surface area contributed by atoms with Crippen molar-refractivity contribution in [2.45, 2.75) is 62.7 Å². The van der Waals surface area contributed by atoms with Crippen LogP contribution in [0.15, 0.2) is 0 Å². The summed E-state index contributed by atoms with van der Waals surface area (Å²) < 4.78 is 23.3. The molecule has 1 saturated carbocycles. The van der Waals surface area contributed by atoms with Crippen LogP contribution in [0, 0.1) is 5.92 Å². The molecule has 2 fully saturated rings. The van der Waals surface area contributed by atoms with Gasteiger partial charge in [0.25, 0.3) is 0 Å². The first-order valence-corrected chi connectivity index (χ1v) is 9.40. The van der Waals surface area contributed by atoms with E-state index in [2.05, 4.69) is 5.32 Å². The quantitative estimate of drug-likeness (QED) is 0.858. The minimum absolute atomic E-state index is 0.0363. The van der Waals surface area contributed by atoms with Crippen molar-refractivity contribution in [2.24, 2.45) is 5.92 Å². The summed E-state index contributed by atoms with van der Waals surface area (Å²) in [4.78, 5) is 12.5. The second-order valence-electron chi connectivity index (χ2n) is 6.07. The Bertz CT molecular complexity index is 410. The second kappa shape index (κ2) is 6.35. The van der Waals surface area contributed by atoms with Gasteiger partial charge in [-0.25, -0.2) is 8.42 Å². The maximum atomic E-state index is 12.5. The first kappa shape index (κ1) is 15.0. The van der Waals surface area contributed by atoms with Gasteiger partial charge in [-0.05, 0) is 38.6 Å². The maximum Gasteiger partial charge on any atom is 0.152 e. The Hall–Kier alpha value is -0.420. The Morgan fingerprint density at radius 2 is 1.84 bits per heavy atom. The van der Waals surface area contributed by atoms with Crippen LogP contribution in [0.25, 0.3) is 0 Å². The number of hydrogen-bond acceptors (Lipinski definition) is 4. The monoisotopic (exact) mass is 287 g/mol. The van der Waals surface area contributed by atoms with E-state index in [0.29, 0.717) is 6.42 Å². The molecular weight excluding hydrogens is 262 g/mol. The van der Waals surface area contributed by atoms with Crippen molar-refractivity contribution in [3.8, 4) is 0 Å². The fraction of sp³-hybridized carbons (Fsp3) is 0.929. The number of hydrogen-bond donors (Lipinski definition) is 1. The fourth-order valence-corrected chi connectivity index (χ4v) is 4.52. The van der Waals surface area contributed by atoms with Gasteiger partial charge in [0.15, 0.2) is 5.78 Å². The smallest absolute Gasteiger partial charge is 0.152 e. The Balaban J connectivity index is 1.98. The van der Waals surface area contributed by atoms with Crippen molar-refractivity contribution in [1.29, 1.82) is 0 Å². The van der Waals surface area contributed by atoms with Crippen molar-refractivity contribution in [3.05, 3.63) is 0 Å². The summed E-state index contributed by atoms with van der Waals surface area (Å²) in [5.41, 5.74) is 0. The van der Waals surface area contributed by atoms with Gasteiger partial charge in [-0.1, -0.05) is 19.3 Å². The molecule has 0 aromatic rings. The van der Waals surface area contributed by atoms with Crippen LogP contribution in [0.5, 0.6) is 0 Å². The van der Waals surface area contributed by atoms with E-state index in [1.165, 1.54) is 12.7 Å². The van der Waals surface area contributed by atoms with Gasteiger partial charge >= 0.3 is 0 Å². The Labute approximate surface area is 116 Å². The molecule has 3 unspecified atom stereocenters. The van der Waals surface area contributed by atoms with Gasteiger partial charge in [0.2, 0.25) is 0 Å². The highest BCUT2D eigenvalue weighted by Gasteiger charge is 2.35. The molecule has 4 nitrogen and oxygen atoms in total. The average Bonchev–Trinajstić information content (AvgIpc) is 2.66. The molecule has 1 N–H and O–H groups in total. The van der Waals surface area contributed by atoms with E-state index in [9.17, 15) is 13.2 Å². The molecule has 19 heavy (non-hydrogen) atoms. The van der Waals surface area contributed by atoms with E-state index in [0.717, 1.165) is 45.1 Å². The number of ketones is 1. The van der Waals surface area contributed by atoms with E-state index in [1.807, 2.05) is 0 Å². The first-order valence-electron chi connectivity index (χ1n) is 7.44. The van der Waals surface area contributed by atoms with E-state index in [4.69, 9.17) is 0 Å². The molecule has 0 spiro atoms. The van der Waals surface area contributed by atoms with Crippen LogP contribution in [0.1, 0.15) is 51.4 Å². The minimum atomic E-state index is -3.00. The van der Waals surface area contributed by atoms with Gasteiger partial charge in [0, 0.05) is 12.2 Å². The first-order chi connectivity index (χ1) is 8.98. The standard InChI is InChI=1S/C14H25NO3S/c1-19(17,18)12-7-5-6-11(10-12)14(16)13-8-3-2-4-9-15-13/h11-13,15H,2-10H2,1H3. The number of carbonyl (C=O) groups excluding carboxylic acids is 1. The minimum Gasteiger partial charge on any atom is -0.307 e. The Morgan fingerprint density at radius 1 is 1.05 bits per heavy atom. The predicted molar refractivity (Wildman–Crippen MR) is 75.9 cm³/mol. The molecule has 0 amide bonds. The average molecular weight is 287 g/mol. The zero-order valence-corrected chi connectivity index (χ0v) is 12.5. The molecule has 0 bridgehead atoms. The summed E-state index contributed by atoms with van der Waals surface area (Å²) in [5.74, 6) is 0.208. The zero-order chi connectivity index (χ0) is 13.9. The summed E-state index contributed by atoms with van der Waals surface area (Å²) in [6, 6.07) is -0.0363. The van der Waals surface area contributed by atoms with Crippen LogP contribution in [0.3, 0.4) is 0 Å². The van der Waals surface area contributed by atoms with Gasteiger partial charge in [-0.2, -0.15) is 0 Å². The normalized spacial score (nSPS) is 33.6. The van der Waals surface area contributed by atoms with Crippen molar-refractivity contribution in [3.63, 3.8) is 0 Å². The summed E-state index contributed by atoms with van der Waals surface area (Å²) in [6.45, 7) is 0.915. The number of nitrogens with one attached hydrogen (secondary N) is 1. The van der Waals surface area contributed by atoms with Gasteiger partial charge in [-0.3, -0.25) is 4.79 Å². The second-order valence-corrected chi connectivity index (χ2v) is 8.40. The van der Waals surface area contributed by atoms with Crippen molar-refractivity contribution >= 4 is 15.6 Å². The lowest BCUT2D eigenvalue weighted by Gasteiger charge is -2.29. The van der Waals surface area contributed by atoms with Crippen molar-refractivity contribution < 1.29 is 13.2 Å². The Morgan fingerprint density at radius 3 is 2.58 bits per heavy atom. The lowest BCUT2D eigenvalue weighted by molar-refractivity contribution is -0.125. The molecule has 0 radical (unpaired) electrons. The van der Waals surface area contributed by atoms with E-state index in [-0.39, 0.29) is 23.0 Å². The molecule has 0 aromatic carbocycles. The van der Waals surface area contributed by atoms with Crippen LogP contribution >= 0.6 is 0 Å². The summed E-state index contributed by atoms with van der Waals surface area (Å²) in [6.07, 6.45) is 8.63. The highest BCUT2D eigenvalue weighted by molar-refractivity contribution is 7.91. The van der Waals surface area contributed by atoms with Gasteiger partial charge in [-0.15, -0.1) is 0 Å². The molecule has 110 valence electrons. The van der Waals surface area contributed by atoms with Crippen LogP contribution in [-0.2, 0) is 14.6 Å². The van der Waals surface area contributed by atoms with E-state index in [1.54, 1.807) is 0 Å². The molecule has 5 heteroatoms. The highest BCUT2D eigenvalue weighted by Crippen LogP contribution is 2.30. The molecule has 1 aliphatic carbocycles. The summed E-state index contributed by atoms with van der Waals surface area (Å²) in [5, 5.41) is 3.03. The van der Waals surface area contributed by atoms with Crippen molar-refractivity contribution in [2.75, 3.05) is 12.8 Å².